The number of carbonyl (C=O) groups excluding carboxylic acids is 4. The van der Waals surface area contributed by atoms with Crippen LogP contribution in [0, 0.1) is 27.9 Å². The maximum Gasteiger partial charge on any atom is 0.421 e. The summed E-state index contributed by atoms with van der Waals surface area (Å²) in [6.45, 7) is 1.66. The minimum absolute atomic E-state index is 0.0528. The first kappa shape index (κ1) is 52.0. The van der Waals surface area contributed by atoms with E-state index in [1.165, 1.54) is 24.3 Å². The maximum absolute atomic E-state index is 16.9. The highest BCUT2D eigenvalue weighted by atomic mass is 16.6. The number of benzene rings is 7. The number of hydrogen-bond acceptors (Lipinski definition) is 15. The number of morpholine rings is 2. The van der Waals surface area contributed by atoms with Crippen LogP contribution in [-0.2, 0) is 47.2 Å². The lowest BCUT2D eigenvalue weighted by molar-refractivity contribution is -0.384. The molecule has 1 spiro atoms. The number of rotatable bonds is 13. The summed E-state index contributed by atoms with van der Waals surface area (Å²) in [5, 5.41) is 33.5. The van der Waals surface area contributed by atoms with E-state index in [1.807, 2.05) is 102 Å². The molecular weight excluding hydrogens is 1030 g/mol. The molecule has 3 fully saturated rings. The molecule has 12 rings (SSSR count). The van der Waals surface area contributed by atoms with E-state index in [0.717, 1.165) is 16.1 Å². The Morgan fingerprint density at radius 1 is 0.815 bits per heavy atom. The van der Waals surface area contributed by atoms with Crippen molar-refractivity contribution in [1.29, 1.82) is 0 Å². The van der Waals surface area contributed by atoms with E-state index in [-0.39, 0.29) is 42.4 Å². The highest BCUT2D eigenvalue weighted by Gasteiger charge is 2.76. The fraction of sp³-hybridized carbons (Fsp3) is 0.226. The zero-order valence-electron chi connectivity index (χ0n) is 43.4. The van der Waals surface area contributed by atoms with Crippen molar-refractivity contribution in [1.82, 2.24) is 19.9 Å². The minimum atomic E-state index is -2.24. The number of esters is 1. The Morgan fingerprint density at radius 2 is 1.52 bits per heavy atom. The van der Waals surface area contributed by atoms with Crippen molar-refractivity contribution in [2.75, 3.05) is 54.6 Å². The molecule has 4 aliphatic heterocycles. The lowest BCUT2D eigenvalue weighted by Gasteiger charge is -2.46. The van der Waals surface area contributed by atoms with Gasteiger partial charge in [-0.1, -0.05) is 108 Å². The van der Waals surface area contributed by atoms with Crippen molar-refractivity contribution in [2.45, 2.75) is 42.8 Å². The summed E-state index contributed by atoms with van der Waals surface area (Å²) < 4.78 is 26.2. The summed E-state index contributed by atoms with van der Waals surface area (Å²) in [7, 11) is 0. The fourth-order valence-electron chi connectivity index (χ4n) is 11.9. The van der Waals surface area contributed by atoms with E-state index in [9.17, 15) is 15.2 Å². The third-order valence-electron chi connectivity index (χ3n) is 15.4. The Kier molecular flexibility index (Phi) is 14.2. The van der Waals surface area contributed by atoms with Gasteiger partial charge in [0, 0.05) is 47.7 Å². The van der Waals surface area contributed by atoms with Crippen molar-refractivity contribution in [3.63, 3.8) is 0 Å². The van der Waals surface area contributed by atoms with Gasteiger partial charge in [0.15, 0.2) is 0 Å². The monoisotopic (exact) mass is 1080 g/mol. The molecule has 19 nitrogen and oxygen atoms in total. The van der Waals surface area contributed by atoms with E-state index >= 15 is 19.2 Å². The molecule has 0 radical (unpaired) electrons. The number of aliphatic hydroxyl groups is 1. The average Bonchev–Trinajstić information content (AvgIpc) is 4.08. The van der Waals surface area contributed by atoms with Gasteiger partial charge in [0.2, 0.25) is 11.8 Å². The molecule has 406 valence electrons. The summed E-state index contributed by atoms with van der Waals surface area (Å²) in [6.07, 6.45) is -2.13. The van der Waals surface area contributed by atoms with Crippen LogP contribution in [0.25, 0.3) is 11.0 Å². The molecule has 1 aromatic heterocycles. The van der Waals surface area contributed by atoms with Gasteiger partial charge in [-0.05, 0) is 95.1 Å². The predicted molar refractivity (Wildman–Crippen MR) is 297 cm³/mol. The minimum Gasteiger partial charge on any atom is -0.491 e. The topological polar surface area (TPSA) is 221 Å². The molecule has 0 bridgehead atoms. The highest BCUT2D eigenvalue weighted by molar-refractivity contribution is 6.24. The number of amides is 3. The molecule has 0 saturated carbocycles. The molecule has 0 aliphatic carbocycles. The van der Waals surface area contributed by atoms with Gasteiger partial charge in [-0.25, -0.2) is 14.4 Å². The number of carbonyl (C=O) groups is 4. The van der Waals surface area contributed by atoms with Gasteiger partial charge >= 0.3 is 12.1 Å². The number of aliphatic hydroxyl groups excluding tert-OH is 1. The second kappa shape index (κ2) is 22.2. The third-order valence-corrected chi connectivity index (χ3v) is 15.4. The number of fused-ring (bicyclic) bond motifs is 4. The fourth-order valence-corrected chi connectivity index (χ4v) is 11.9. The zero-order valence-corrected chi connectivity index (χ0v) is 43.4. The van der Waals surface area contributed by atoms with Crippen LogP contribution in [-0.4, -0.2) is 99.4 Å². The van der Waals surface area contributed by atoms with E-state index < -0.39 is 71.0 Å². The Balaban J connectivity index is 1.09. The lowest BCUT2D eigenvalue weighted by Crippen LogP contribution is -2.54. The quantitative estimate of drug-likeness (QED) is 0.0480. The third kappa shape index (κ3) is 9.54. The molecular formula is C62H52N8O11. The first-order chi connectivity index (χ1) is 39.6. The molecule has 2 N–H and O–H groups in total. The van der Waals surface area contributed by atoms with Crippen molar-refractivity contribution < 1.29 is 48.2 Å². The SMILES string of the molecule is O=C1O[C@H](c2ccccc2)[C@H](c2ccccc2)N2[C@H]1[C@@H](C(=O)Nc1ccc(N3CCOCC3)cc1)[C@]1(C(=O)N(C(=O)OCc3ccc([N+](=O)[O-])cc3)c3ccc(C#CCn4nnc5ccccc54)cc31)[C@H]2c1ccccc1OCCO. The lowest BCUT2D eigenvalue weighted by atomic mass is 9.65. The number of nitro benzene ring substituents is 1. The molecule has 0 unspecified atom stereocenters. The summed E-state index contributed by atoms with van der Waals surface area (Å²) in [4.78, 5) is 80.1. The van der Waals surface area contributed by atoms with Gasteiger partial charge < -0.3 is 34.3 Å². The van der Waals surface area contributed by atoms with Crippen LogP contribution < -0.4 is 19.9 Å². The van der Waals surface area contributed by atoms with Crippen LogP contribution in [0.4, 0.5) is 27.5 Å². The summed E-state index contributed by atoms with van der Waals surface area (Å²) >= 11 is 0. The first-order valence-electron chi connectivity index (χ1n) is 26.4. The standard InChI is InChI=1S/C62H52N8O11/c71-34-37-79-52-20-10-7-17-47(52)57-62(48-38-40(12-11-31-67-51-19-9-8-18-49(51)64-65-67)23-30-50(48)68(60(62)74)61(75)80-39-41-21-26-46(27-22-41)70(76)77)53(58(72)63-44-24-28-45(29-25-44)66-32-35-78-36-33-66)55-59(73)81-56(43-15-5-2-6-16-43)54(69(55)57)42-13-3-1-4-14-42/h1-10,13-30,38,53-57,71H,31-37,39H2,(H,63,72)/t53-,54-,55-,56+,57+,62-/m0/s1. The van der Waals surface area contributed by atoms with E-state index in [1.54, 1.807) is 59.3 Å². The van der Waals surface area contributed by atoms with Crippen molar-refractivity contribution in [2.24, 2.45) is 5.92 Å². The van der Waals surface area contributed by atoms with Crippen LogP contribution in [0.3, 0.4) is 0 Å². The second-order valence-electron chi connectivity index (χ2n) is 19.9. The molecule has 8 aromatic rings. The van der Waals surface area contributed by atoms with Gasteiger partial charge in [-0.2, -0.15) is 0 Å². The molecule has 81 heavy (non-hydrogen) atoms. The molecule has 4 aliphatic rings. The number of nitrogens with one attached hydrogen (secondary N) is 1. The average molecular weight is 1090 g/mol. The summed E-state index contributed by atoms with van der Waals surface area (Å²) in [6, 6.07) is 46.9. The molecule has 7 aromatic carbocycles. The van der Waals surface area contributed by atoms with Crippen LogP contribution in [0.15, 0.2) is 176 Å². The predicted octanol–water partition coefficient (Wildman–Crippen LogP) is 8.24. The number of nitro groups is 1. The number of ether oxygens (including phenoxy) is 4. The smallest absolute Gasteiger partial charge is 0.421 e. The molecule has 5 heterocycles. The van der Waals surface area contributed by atoms with Crippen molar-refractivity contribution >= 4 is 57.7 Å². The van der Waals surface area contributed by atoms with E-state index in [2.05, 4.69) is 32.4 Å². The first-order valence-corrected chi connectivity index (χ1v) is 26.4. The number of aromatic nitrogens is 3. The number of imide groups is 1. The van der Waals surface area contributed by atoms with Gasteiger partial charge in [0.05, 0.1) is 53.9 Å². The normalized spacial score (nSPS) is 21.2. The van der Waals surface area contributed by atoms with Gasteiger partial charge in [0.25, 0.3) is 5.69 Å². The second-order valence-corrected chi connectivity index (χ2v) is 19.9. The number of para-hydroxylation sites is 2. The number of anilines is 3. The Hall–Kier alpha value is -9.74. The number of nitrogens with zero attached hydrogens (tertiary/aromatic N) is 7. The van der Waals surface area contributed by atoms with Gasteiger partial charge in [-0.15, -0.1) is 5.10 Å². The highest BCUT2D eigenvalue weighted by Crippen LogP contribution is 2.67. The van der Waals surface area contributed by atoms with Gasteiger partial charge in [-0.3, -0.25) is 29.4 Å². The van der Waals surface area contributed by atoms with Crippen molar-refractivity contribution in [3.05, 3.63) is 219 Å². The van der Waals surface area contributed by atoms with Crippen molar-refractivity contribution in [3.8, 4) is 17.6 Å². The Labute approximate surface area is 464 Å². The summed E-state index contributed by atoms with van der Waals surface area (Å²) in [5.41, 5.74) is 3.00. The van der Waals surface area contributed by atoms with E-state index in [4.69, 9.17) is 18.9 Å². The van der Waals surface area contributed by atoms with Gasteiger partial charge in [0.1, 0.15) is 48.6 Å². The number of cyclic esters (lactones) is 1. The number of non-ortho nitro benzene ring substituents is 1. The molecule has 19 heteroatoms. The molecule has 3 amide bonds. The number of hydrogen-bond donors (Lipinski definition) is 2. The Morgan fingerprint density at radius 3 is 2.26 bits per heavy atom. The van der Waals surface area contributed by atoms with Crippen LogP contribution >= 0.6 is 0 Å². The largest absolute Gasteiger partial charge is 0.491 e. The van der Waals surface area contributed by atoms with Crippen LogP contribution in [0.5, 0.6) is 5.75 Å². The summed E-state index contributed by atoms with van der Waals surface area (Å²) in [5.74, 6) is 2.55. The molecule has 6 atom stereocenters. The van der Waals surface area contributed by atoms with Crippen LogP contribution in [0.2, 0.25) is 0 Å². The zero-order chi connectivity index (χ0) is 55.6. The van der Waals surface area contributed by atoms with Crippen LogP contribution in [0.1, 0.15) is 51.6 Å². The molecule has 3 saturated heterocycles. The van der Waals surface area contributed by atoms with E-state index in [0.29, 0.717) is 65.3 Å². The maximum atomic E-state index is 16.9. The Bertz CT molecular complexity index is 3750.